The van der Waals surface area contributed by atoms with Gasteiger partial charge in [0.05, 0.1) is 22.9 Å². The number of aryl methyl sites for hydroxylation is 1. The van der Waals surface area contributed by atoms with Crippen molar-refractivity contribution in [1.29, 1.82) is 0 Å². The van der Waals surface area contributed by atoms with Gasteiger partial charge >= 0.3 is 0 Å². The van der Waals surface area contributed by atoms with Gasteiger partial charge in [-0.2, -0.15) is 4.98 Å². The number of nitrogens with zero attached hydrogens (tertiary/aromatic N) is 6. The Bertz CT molecular complexity index is 1320. The van der Waals surface area contributed by atoms with Crippen molar-refractivity contribution in [3.63, 3.8) is 0 Å². The van der Waals surface area contributed by atoms with Crippen molar-refractivity contribution in [2.24, 2.45) is 0 Å². The standard InChI is InChI=1S/C22H18FN7O/c23-14-3-5-17-19(9-14)29(12-26-17)22-25-10-18-21(28-22)30(20(11-31)27-18)15-4-6-16-13(8-15)2-1-7-24-16/h1-3,5,7,9-12,15,20,27H,4,6,8H2. The van der Waals surface area contributed by atoms with Gasteiger partial charge in [-0.3, -0.25) is 14.3 Å². The van der Waals surface area contributed by atoms with Crippen molar-refractivity contribution in [2.75, 3.05) is 10.2 Å². The number of pyridine rings is 1. The molecule has 4 heterocycles. The number of carbonyl (C=O) groups is 1. The van der Waals surface area contributed by atoms with Gasteiger partial charge in [0.2, 0.25) is 5.95 Å². The van der Waals surface area contributed by atoms with Crippen molar-refractivity contribution >= 4 is 28.8 Å². The lowest BCUT2D eigenvalue weighted by Crippen LogP contribution is -2.47. The van der Waals surface area contributed by atoms with E-state index in [1.165, 1.54) is 17.7 Å². The van der Waals surface area contributed by atoms with Crippen molar-refractivity contribution in [2.45, 2.75) is 31.5 Å². The average Bonchev–Trinajstić information content (AvgIpc) is 3.39. The molecule has 2 atom stereocenters. The van der Waals surface area contributed by atoms with Gasteiger partial charge in [0.15, 0.2) is 18.3 Å². The van der Waals surface area contributed by atoms with E-state index in [-0.39, 0.29) is 11.9 Å². The number of benzene rings is 1. The third-order valence-corrected chi connectivity index (χ3v) is 6.01. The minimum Gasteiger partial charge on any atom is -0.355 e. The molecule has 6 rings (SSSR count). The number of carbonyl (C=O) groups excluding carboxylic acids is 1. The van der Waals surface area contributed by atoms with Crippen LogP contribution in [0.5, 0.6) is 0 Å². The van der Waals surface area contributed by atoms with Crippen molar-refractivity contribution in [1.82, 2.24) is 24.5 Å². The molecule has 154 valence electrons. The lowest BCUT2D eigenvalue weighted by molar-refractivity contribution is -0.108. The van der Waals surface area contributed by atoms with Gasteiger partial charge in [-0.25, -0.2) is 14.4 Å². The highest BCUT2D eigenvalue weighted by atomic mass is 19.1. The molecular formula is C22H18FN7O. The first-order valence-electron chi connectivity index (χ1n) is 10.1. The zero-order valence-electron chi connectivity index (χ0n) is 16.4. The highest BCUT2D eigenvalue weighted by Crippen LogP contribution is 2.37. The molecule has 0 spiro atoms. The van der Waals surface area contributed by atoms with E-state index >= 15 is 0 Å². The number of anilines is 2. The van der Waals surface area contributed by atoms with Crippen LogP contribution in [0.2, 0.25) is 0 Å². The number of imidazole rings is 1. The van der Waals surface area contributed by atoms with Gasteiger partial charge in [-0.05, 0) is 43.0 Å². The number of hydrogen-bond acceptors (Lipinski definition) is 7. The second kappa shape index (κ2) is 6.83. The lowest BCUT2D eigenvalue weighted by atomic mass is 9.90. The van der Waals surface area contributed by atoms with E-state index in [9.17, 15) is 9.18 Å². The molecule has 2 aliphatic rings. The third kappa shape index (κ3) is 2.84. The Kier molecular flexibility index (Phi) is 3.95. The van der Waals surface area contributed by atoms with Crippen LogP contribution in [0.4, 0.5) is 15.9 Å². The second-order valence-electron chi connectivity index (χ2n) is 7.79. The third-order valence-electron chi connectivity index (χ3n) is 6.01. The largest absolute Gasteiger partial charge is 0.355 e. The summed E-state index contributed by atoms with van der Waals surface area (Å²) in [6.07, 6.45) is 7.94. The van der Waals surface area contributed by atoms with E-state index in [1.54, 1.807) is 23.2 Å². The maximum atomic E-state index is 13.8. The summed E-state index contributed by atoms with van der Waals surface area (Å²) in [6, 6.07) is 8.54. The Morgan fingerprint density at radius 2 is 2.13 bits per heavy atom. The predicted molar refractivity (Wildman–Crippen MR) is 113 cm³/mol. The first kappa shape index (κ1) is 17.9. The molecule has 0 radical (unpaired) electrons. The summed E-state index contributed by atoms with van der Waals surface area (Å²) in [5.74, 6) is 0.690. The van der Waals surface area contributed by atoms with Crippen LogP contribution >= 0.6 is 0 Å². The highest BCUT2D eigenvalue weighted by Gasteiger charge is 2.37. The monoisotopic (exact) mass is 415 g/mol. The molecule has 8 nitrogen and oxygen atoms in total. The molecule has 1 aliphatic carbocycles. The molecule has 9 heteroatoms. The number of nitrogens with one attached hydrogen (secondary N) is 1. The molecule has 3 aromatic heterocycles. The first-order valence-corrected chi connectivity index (χ1v) is 10.1. The Morgan fingerprint density at radius 1 is 1.19 bits per heavy atom. The Labute approximate surface area is 176 Å². The Hall–Kier alpha value is -3.88. The molecule has 1 N–H and O–H groups in total. The predicted octanol–water partition coefficient (Wildman–Crippen LogP) is 2.66. The van der Waals surface area contributed by atoms with Crippen molar-refractivity contribution in [3.8, 4) is 5.95 Å². The molecule has 0 fully saturated rings. The number of aldehydes is 1. The Morgan fingerprint density at radius 3 is 3.03 bits per heavy atom. The molecule has 4 aromatic rings. The van der Waals surface area contributed by atoms with E-state index in [1.807, 2.05) is 17.2 Å². The van der Waals surface area contributed by atoms with Crippen LogP contribution in [0.1, 0.15) is 17.7 Å². The van der Waals surface area contributed by atoms with Crippen molar-refractivity contribution in [3.05, 3.63) is 66.1 Å². The van der Waals surface area contributed by atoms with Gasteiger partial charge in [0.25, 0.3) is 0 Å². The second-order valence-corrected chi connectivity index (χ2v) is 7.79. The molecular weight excluding hydrogens is 397 g/mol. The number of halogens is 1. The fourth-order valence-electron chi connectivity index (χ4n) is 4.56. The normalized spacial score (nSPS) is 19.7. The smallest absolute Gasteiger partial charge is 0.237 e. The average molecular weight is 415 g/mol. The zero-order chi connectivity index (χ0) is 20.9. The minimum absolute atomic E-state index is 0.0976. The van der Waals surface area contributed by atoms with Crippen LogP contribution in [-0.2, 0) is 17.6 Å². The summed E-state index contributed by atoms with van der Waals surface area (Å²) in [6.45, 7) is 0. The summed E-state index contributed by atoms with van der Waals surface area (Å²) in [5.41, 5.74) is 4.25. The summed E-state index contributed by atoms with van der Waals surface area (Å²) in [4.78, 5) is 31.9. The van der Waals surface area contributed by atoms with Crippen LogP contribution in [0, 0.1) is 5.82 Å². The molecule has 1 aromatic carbocycles. The van der Waals surface area contributed by atoms with Crippen LogP contribution in [0.3, 0.4) is 0 Å². The fourth-order valence-corrected chi connectivity index (χ4v) is 4.56. The van der Waals surface area contributed by atoms with E-state index < -0.39 is 6.17 Å². The summed E-state index contributed by atoms with van der Waals surface area (Å²) >= 11 is 0. The summed E-state index contributed by atoms with van der Waals surface area (Å²) < 4.78 is 15.5. The number of aromatic nitrogens is 5. The summed E-state index contributed by atoms with van der Waals surface area (Å²) in [7, 11) is 0. The van der Waals surface area contributed by atoms with Gasteiger partial charge in [0.1, 0.15) is 12.1 Å². The highest BCUT2D eigenvalue weighted by molar-refractivity contribution is 5.83. The van der Waals surface area contributed by atoms with E-state index in [0.29, 0.717) is 28.5 Å². The van der Waals surface area contributed by atoms with Crippen molar-refractivity contribution < 1.29 is 9.18 Å². The van der Waals surface area contributed by atoms with Gasteiger partial charge in [-0.15, -0.1) is 0 Å². The molecule has 0 saturated carbocycles. The number of hydrogen-bond donors (Lipinski definition) is 1. The van der Waals surface area contributed by atoms with Gasteiger partial charge < -0.3 is 10.2 Å². The van der Waals surface area contributed by atoms with Crippen LogP contribution in [-0.4, -0.2) is 43.0 Å². The lowest BCUT2D eigenvalue weighted by Gasteiger charge is -2.34. The number of fused-ring (bicyclic) bond motifs is 3. The van der Waals surface area contributed by atoms with Crippen LogP contribution < -0.4 is 10.2 Å². The maximum absolute atomic E-state index is 13.8. The molecule has 1 aliphatic heterocycles. The zero-order valence-corrected chi connectivity index (χ0v) is 16.4. The molecule has 2 unspecified atom stereocenters. The first-order chi connectivity index (χ1) is 15.2. The fraction of sp³-hybridized carbons (Fsp3) is 0.227. The SMILES string of the molecule is O=CC1Nc2cnc(-n3cnc4ccc(F)cc43)nc2N1C1CCc2ncccc2C1. The Balaban J connectivity index is 1.42. The molecule has 0 amide bonds. The van der Waals surface area contributed by atoms with Crippen LogP contribution in [0.15, 0.2) is 49.1 Å². The van der Waals surface area contributed by atoms with Gasteiger partial charge in [0, 0.05) is 24.0 Å². The maximum Gasteiger partial charge on any atom is 0.237 e. The molecule has 0 bridgehead atoms. The van der Waals surface area contributed by atoms with E-state index in [0.717, 1.165) is 31.2 Å². The minimum atomic E-state index is -0.514. The van der Waals surface area contributed by atoms with E-state index in [2.05, 4.69) is 26.3 Å². The number of rotatable bonds is 3. The van der Waals surface area contributed by atoms with E-state index in [4.69, 9.17) is 4.98 Å². The van der Waals surface area contributed by atoms with Crippen LogP contribution in [0.25, 0.3) is 17.0 Å². The molecule has 0 saturated heterocycles. The topological polar surface area (TPSA) is 88.8 Å². The quantitative estimate of drug-likeness (QED) is 0.515. The van der Waals surface area contributed by atoms with Gasteiger partial charge in [-0.1, -0.05) is 6.07 Å². The summed E-state index contributed by atoms with van der Waals surface area (Å²) in [5, 5.41) is 3.21. The molecule has 31 heavy (non-hydrogen) atoms.